The lowest BCUT2D eigenvalue weighted by molar-refractivity contribution is -0.138. The van der Waals surface area contributed by atoms with E-state index in [1.54, 1.807) is 12.0 Å². The van der Waals surface area contributed by atoms with Gasteiger partial charge in [-0.15, -0.1) is 0 Å². The summed E-state index contributed by atoms with van der Waals surface area (Å²) in [5.41, 5.74) is 0. The van der Waals surface area contributed by atoms with E-state index in [9.17, 15) is 4.79 Å². The fourth-order valence-electron chi connectivity index (χ4n) is 1.63. The largest absolute Gasteiger partial charge is 0.480 e. The number of hydrogen-bond acceptors (Lipinski definition) is 5. The minimum absolute atomic E-state index is 0.0255. The molecule has 0 amide bonds. The van der Waals surface area contributed by atoms with Gasteiger partial charge in [0.1, 0.15) is 12.2 Å². The van der Waals surface area contributed by atoms with Crippen molar-refractivity contribution in [2.24, 2.45) is 0 Å². The van der Waals surface area contributed by atoms with Gasteiger partial charge in [-0.2, -0.15) is 5.10 Å². The number of aliphatic carboxylic acids is 1. The van der Waals surface area contributed by atoms with Crippen molar-refractivity contribution in [3.8, 4) is 0 Å². The topological polar surface area (TPSA) is 80.5 Å². The maximum absolute atomic E-state index is 10.8. The van der Waals surface area contributed by atoms with Crippen LogP contribution in [0, 0.1) is 0 Å². The van der Waals surface area contributed by atoms with E-state index in [0.717, 1.165) is 18.8 Å². The number of aryl methyl sites for hydroxylation is 1. The highest BCUT2D eigenvalue weighted by atomic mass is 16.5. The minimum Gasteiger partial charge on any atom is -0.480 e. The van der Waals surface area contributed by atoms with Crippen LogP contribution in [0.3, 0.4) is 0 Å². The Morgan fingerprint density at radius 1 is 1.61 bits per heavy atom. The van der Waals surface area contributed by atoms with E-state index >= 15 is 0 Å². The Morgan fingerprint density at radius 2 is 2.39 bits per heavy atom. The molecule has 7 heteroatoms. The fourth-order valence-corrected chi connectivity index (χ4v) is 1.63. The third kappa shape index (κ3) is 4.80. The van der Waals surface area contributed by atoms with Crippen molar-refractivity contribution in [3.05, 3.63) is 12.2 Å². The molecule has 102 valence electrons. The Labute approximate surface area is 106 Å². The van der Waals surface area contributed by atoms with E-state index in [4.69, 9.17) is 9.84 Å². The molecule has 0 saturated carbocycles. The van der Waals surface area contributed by atoms with Gasteiger partial charge in [0.2, 0.25) is 0 Å². The lowest BCUT2D eigenvalue weighted by Gasteiger charge is -2.19. The number of nitrogens with zero attached hydrogens (tertiary/aromatic N) is 4. The summed E-state index contributed by atoms with van der Waals surface area (Å²) in [6.45, 7) is 4.35. The number of rotatable bonds is 9. The molecule has 0 unspecified atom stereocenters. The molecule has 0 spiro atoms. The molecule has 0 aliphatic heterocycles. The summed E-state index contributed by atoms with van der Waals surface area (Å²) >= 11 is 0. The molecule has 0 aromatic carbocycles. The molecular weight excluding hydrogens is 236 g/mol. The summed E-state index contributed by atoms with van der Waals surface area (Å²) < 4.78 is 6.78. The molecule has 1 rings (SSSR count). The van der Waals surface area contributed by atoms with Gasteiger partial charge in [-0.3, -0.25) is 9.69 Å². The van der Waals surface area contributed by atoms with Crippen molar-refractivity contribution in [2.75, 3.05) is 26.8 Å². The first-order valence-electron chi connectivity index (χ1n) is 5.97. The number of ether oxygens (including phenoxy) is 1. The van der Waals surface area contributed by atoms with Crippen LogP contribution in [0.2, 0.25) is 0 Å². The van der Waals surface area contributed by atoms with Crippen molar-refractivity contribution < 1.29 is 14.6 Å². The van der Waals surface area contributed by atoms with Gasteiger partial charge in [-0.25, -0.2) is 9.67 Å². The number of carboxylic acid groups (broad SMARTS) is 1. The highest BCUT2D eigenvalue weighted by molar-refractivity contribution is 5.69. The smallest absolute Gasteiger partial charge is 0.317 e. The summed E-state index contributed by atoms with van der Waals surface area (Å²) in [4.78, 5) is 16.7. The van der Waals surface area contributed by atoms with Crippen LogP contribution in [0.5, 0.6) is 0 Å². The van der Waals surface area contributed by atoms with Crippen LogP contribution in [0.15, 0.2) is 6.33 Å². The molecule has 18 heavy (non-hydrogen) atoms. The van der Waals surface area contributed by atoms with E-state index in [0.29, 0.717) is 19.7 Å². The van der Waals surface area contributed by atoms with Crippen LogP contribution < -0.4 is 0 Å². The number of methoxy groups -OCH3 is 1. The normalized spacial score (nSPS) is 11.1. The Kier molecular flexibility index (Phi) is 6.31. The fraction of sp³-hybridized carbons (Fsp3) is 0.727. The second kappa shape index (κ2) is 7.78. The van der Waals surface area contributed by atoms with Crippen molar-refractivity contribution in [1.82, 2.24) is 19.7 Å². The predicted octanol–water partition coefficient (Wildman–Crippen LogP) is 0.221. The van der Waals surface area contributed by atoms with Crippen LogP contribution in [0.4, 0.5) is 0 Å². The summed E-state index contributed by atoms with van der Waals surface area (Å²) in [7, 11) is 1.60. The van der Waals surface area contributed by atoms with E-state index < -0.39 is 5.97 Å². The Hall–Kier alpha value is -1.47. The predicted molar refractivity (Wildman–Crippen MR) is 65.1 cm³/mol. The molecule has 0 saturated heterocycles. The monoisotopic (exact) mass is 256 g/mol. The molecule has 1 aromatic heterocycles. The molecule has 1 N–H and O–H groups in total. The third-order valence-corrected chi connectivity index (χ3v) is 2.47. The van der Waals surface area contributed by atoms with Gasteiger partial charge < -0.3 is 9.84 Å². The molecule has 0 aliphatic carbocycles. The van der Waals surface area contributed by atoms with Crippen LogP contribution in [0.1, 0.15) is 19.2 Å². The maximum Gasteiger partial charge on any atom is 0.317 e. The lowest BCUT2D eigenvalue weighted by Crippen LogP contribution is -2.33. The van der Waals surface area contributed by atoms with Crippen LogP contribution >= 0.6 is 0 Å². The van der Waals surface area contributed by atoms with Gasteiger partial charge in [0.15, 0.2) is 0 Å². The number of carboxylic acids is 1. The number of hydrogen-bond donors (Lipinski definition) is 1. The first-order chi connectivity index (χ1) is 8.67. The molecule has 0 bridgehead atoms. The summed E-state index contributed by atoms with van der Waals surface area (Å²) in [5.74, 6) is -0.0677. The second-order valence-corrected chi connectivity index (χ2v) is 4.00. The molecule has 0 aliphatic rings. The van der Waals surface area contributed by atoms with E-state index in [1.807, 2.05) is 4.68 Å². The molecule has 0 atom stereocenters. The first kappa shape index (κ1) is 14.6. The van der Waals surface area contributed by atoms with Crippen molar-refractivity contribution in [3.63, 3.8) is 0 Å². The van der Waals surface area contributed by atoms with Crippen LogP contribution in [-0.2, 0) is 22.6 Å². The Balaban J connectivity index is 2.62. The van der Waals surface area contributed by atoms with E-state index in [2.05, 4.69) is 17.0 Å². The van der Waals surface area contributed by atoms with Gasteiger partial charge in [0.25, 0.3) is 0 Å². The maximum atomic E-state index is 10.8. The first-order valence-corrected chi connectivity index (χ1v) is 5.97. The average molecular weight is 256 g/mol. The Morgan fingerprint density at radius 3 is 3.00 bits per heavy atom. The van der Waals surface area contributed by atoms with E-state index in [1.165, 1.54) is 6.33 Å². The zero-order valence-corrected chi connectivity index (χ0v) is 10.9. The van der Waals surface area contributed by atoms with Crippen LogP contribution in [0.25, 0.3) is 0 Å². The molecular formula is C11H20N4O3. The Bertz CT molecular complexity index is 367. The lowest BCUT2D eigenvalue weighted by atomic mass is 10.4. The highest BCUT2D eigenvalue weighted by Gasteiger charge is 2.13. The van der Waals surface area contributed by atoms with Crippen LogP contribution in [-0.4, -0.2) is 57.5 Å². The van der Waals surface area contributed by atoms with Crippen molar-refractivity contribution in [1.29, 1.82) is 0 Å². The standard InChI is InChI=1S/C11H20N4O3/c1-3-4-15-10(12-9-13-15)7-14(5-6-18-2)8-11(16)17/h9H,3-8H2,1-2H3,(H,16,17). The van der Waals surface area contributed by atoms with Gasteiger partial charge in [-0.05, 0) is 6.42 Å². The number of carbonyl (C=O) groups is 1. The highest BCUT2D eigenvalue weighted by Crippen LogP contribution is 2.02. The van der Waals surface area contributed by atoms with Crippen molar-refractivity contribution in [2.45, 2.75) is 26.4 Å². The SMILES string of the molecule is CCCn1ncnc1CN(CCOC)CC(=O)O. The quantitative estimate of drug-likeness (QED) is 0.681. The van der Waals surface area contributed by atoms with Gasteiger partial charge >= 0.3 is 5.97 Å². The summed E-state index contributed by atoms with van der Waals surface area (Å²) in [6, 6.07) is 0. The zero-order valence-electron chi connectivity index (χ0n) is 10.9. The average Bonchev–Trinajstić information content (AvgIpc) is 2.73. The van der Waals surface area contributed by atoms with Gasteiger partial charge in [0, 0.05) is 20.2 Å². The molecule has 7 nitrogen and oxygen atoms in total. The van der Waals surface area contributed by atoms with Gasteiger partial charge in [-0.1, -0.05) is 6.92 Å². The van der Waals surface area contributed by atoms with Gasteiger partial charge in [0.05, 0.1) is 19.7 Å². The minimum atomic E-state index is -0.854. The number of aromatic nitrogens is 3. The third-order valence-electron chi connectivity index (χ3n) is 2.47. The zero-order chi connectivity index (χ0) is 13.4. The molecule has 0 fully saturated rings. The molecule has 1 heterocycles. The summed E-state index contributed by atoms with van der Waals surface area (Å²) in [5, 5.41) is 13.0. The summed E-state index contributed by atoms with van der Waals surface area (Å²) in [6.07, 6.45) is 2.47. The van der Waals surface area contributed by atoms with E-state index in [-0.39, 0.29) is 6.54 Å². The van der Waals surface area contributed by atoms with Crippen molar-refractivity contribution >= 4 is 5.97 Å². The molecule has 0 radical (unpaired) electrons. The molecule has 1 aromatic rings. The second-order valence-electron chi connectivity index (χ2n) is 4.00.